The van der Waals surface area contributed by atoms with Crippen LogP contribution in [0.15, 0.2) is 84.0 Å². The van der Waals surface area contributed by atoms with E-state index in [0.717, 1.165) is 11.1 Å². The lowest BCUT2D eigenvalue weighted by atomic mass is 10.0. The van der Waals surface area contributed by atoms with Gasteiger partial charge in [0.15, 0.2) is 0 Å². The van der Waals surface area contributed by atoms with E-state index in [-0.39, 0.29) is 6.03 Å². The summed E-state index contributed by atoms with van der Waals surface area (Å²) < 4.78 is 0. The zero-order chi connectivity index (χ0) is 17.2. The maximum absolute atomic E-state index is 12.7. The van der Waals surface area contributed by atoms with E-state index in [1.54, 1.807) is 12.1 Å². The standard InChI is InChI=1S/C20H14ClN3O/c21-15-11-12-18-17(13-15)19(14-7-3-1-4-8-14)23-24(20(25)22-18)16-9-5-2-6-10-16/h1-13H,(H,22,25). The number of hydrazone groups is 1. The molecule has 0 bridgehead atoms. The molecule has 5 heteroatoms. The molecule has 0 spiro atoms. The third kappa shape index (κ3) is 2.99. The van der Waals surface area contributed by atoms with Gasteiger partial charge in [0.25, 0.3) is 0 Å². The predicted molar refractivity (Wildman–Crippen MR) is 101 cm³/mol. The molecule has 4 rings (SSSR count). The van der Waals surface area contributed by atoms with Gasteiger partial charge in [0.05, 0.1) is 11.4 Å². The Labute approximate surface area is 150 Å². The fourth-order valence-electron chi connectivity index (χ4n) is 2.74. The lowest BCUT2D eigenvalue weighted by molar-refractivity contribution is 0.257. The van der Waals surface area contributed by atoms with Crippen LogP contribution >= 0.6 is 11.6 Å². The van der Waals surface area contributed by atoms with E-state index in [9.17, 15) is 4.79 Å². The highest BCUT2D eigenvalue weighted by Gasteiger charge is 2.24. The first-order valence-electron chi connectivity index (χ1n) is 7.82. The number of carbonyl (C=O) groups excluding carboxylic acids is 1. The van der Waals surface area contributed by atoms with Gasteiger partial charge in [-0.1, -0.05) is 60.1 Å². The summed E-state index contributed by atoms with van der Waals surface area (Å²) in [6.07, 6.45) is 0. The fraction of sp³-hybridized carbons (Fsp3) is 0. The molecule has 122 valence electrons. The number of anilines is 2. The number of rotatable bonds is 2. The van der Waals surface area contributed by atoms with Crippen molar-refractivity contribution in [3.8, 4) is 0 Å². The smallest absolute Gasteiger partial charge is 0.305 e. The number of hydrogen-bond donors (Lipinski definition) is 1. The van der Waals surface area contributed by atoms with Crippen molar-refractivity contribution in [2.24, 2.45) is 5.10 Å². The Bertz CT molecular complexity index is 955. The normalized spacial score (nSPS) is 13.6. The highest BCUT2D eigenvalue weighted by atomic mass is 35.5. The van der Waals surface area contributed by atoms with Crippen LogP contribution in [0.2, 0.25) is 5.02 Å². The van der Waals surface area contributed by atoms with Crippen LogP contribution in [-0.4, -0.2) is 11.7 Å². The molecular formula is C20H14ClN3O. The summed E-state index contributed by atoms with van der Waals surface area (Å²) in [5.74, 6) is 0. The monoisotopic (exact) mass is 347 g/mol. The maximum Gasteiger partial charge on any atom is 0.347 e. The molecule has 1 aliphatic heterocycles. The second kappa shape index (κ2) is 6.42. The van der Waals surface area contributed by atoms with E-state index in [1.165, 1.54) is 5.01 Å². The van der Waals surface area contributed by atoms with Crippen molar-refractivity contribution in [2.45, 2.75) is 0 Å². The number of benzene rings is 3. The van der Waals surface area contributed by atoms with Crippen LogP contribution in [-0.2, 0) is 0 Å². The molecule has 3 aromatic rings. The Hall–Kier alpha value is -3.11. The van der Waals surface area contributed by atoms with Crippen molar-refractivity contribution in [3.63, 3.8) is 0 Å². The van der Waals surface area contributed by atoms with Crippen LogP contribution in [0.1, 0.15) is 11.1 Å². The summed E-state index contributed by atoms with van der Waals surface area (Å²) >= 11 is 6.19. The summed E-state index contributed by atoms with van der Waals surface area (Å²) in [6, 6.07) is 24.1. The summed E-state index contributed by atoms with van der Waals surface area (Å²) in [6.45, 7) is 0. The van der Waals surface area contributed by atoms with Gasteiger partial charge in [-0.15, -0.1) is 0 Å². The molecule has 1 N–H and O–H groups in total. The van der Waals surface area contributed by atoms with Gasteiger partial charge in [0.1, 0.15) is 5.71 Å². The van der Waals surface area contributed by atoms with Crippen LogP contribution in [0.3, 0.4) is 0 Å². The zero-order valence-corrected chi connectivity index (χ0v) is 13.9. The van der Waals surface area contributed by atoms with Crippen molar-refractivity contribution in [1.29, 1.82) is 0 Å². The second-order valence-corrected chi connectivity index (χ2v) is 6.02. The van der Waals surface area contributed by atoms with E-state index >= 15 is 0 Å². The molecule has 0 unspecified atom stereocenters. The van der Waals surface area contributed by atoms with Crippen molar-refractivity contribution in [1.82, 2.24) is 0 Å². The molecule has 0 aliphatic carbocycles. The third-order valence-electron chi connectivity index (χ3n) is 3.92. The van der Waals surface area contributed by atoms with Crippen molar-refractivity contribution in [3.05, 3.63) is 95.0 Å². The molecule has 25 heavy (non-hydrogen) atoms. The summed E-state index contributed by atoms with van der Waals surface area (Å²) in [5.41, 5.74) is 3.73. The number of carbonyl (C=O) groups is 1. The number of halogens is 1. The highest BCUT2D eigenvalue weighted by Crippen LogP contribution is 2.29. The van der Waals surface area contributed by atoms with Crippen molar-refractivity contribution >= 4 is 34.7 Å². The summed E-state index contributed by atoms with van der Waals surface area (Å²) in [5, 5.41) is 9.53. The topological polar surface area (TPSA) is 44.7 Å². The Balaban J connectivity index is 1.94. The molecule has 0 fully saturated rings. The lowest BCUT2D eigenvalue weighted by Crippen LogP contribution is -2.29. The summed E-state index contributed by atoms with van der Waals surface area (Å²) in [7, 11) is 0. The van der Waals surface area contributed by atoms with E-state index in [4.69, 9.17) is 11.6 Å². The van der Waals surface area contributed by atoms with Gasteiger partial charge in [0, 0.05) is 16.1 Å². The molecular weight excluding hydrogens is 334 g/mol. The first-order chi connectivity index (χ1) is 12.2. The number of hydrogen-bond acceptors (Lipinski definition) is 2. The molecule has 3 aromatic carbocycles. The fourth-order valence-corrected chi connectivity index (χ4v) is 2.91. The van der Waals surface area contributed by atoms with E-state index in [2.05, 4.69) is 10.4 Å². The molecule has 0 atom stereocenters. The van der Waals surface area contributed by atoms with Crippen molar-refractivity contribution < 1.29 is 4.79 Å². The lowest BCUT2D eigenvalue weighted by Gasteiger charge is -2.16. The van der Waals surface area contributed by atoms with Gasteiger partial charge in [-0.3, -0.25) is 0 Å². The second-order valence-electron chi connectivity index (χ2n) is 5.58. The Morgan fingerprint density at radius 2 is 1.56 bits per heavy atom. The third-order valence-corrected chi connectivity index (χ3v) is 4.15. The van der Waals surface area contributed by atoms with Gasteiger partial charge in [-0.25, -0.2) is 4.79 Å². The SMILES string of the molecule is O=C1Nc2ccc(Cl)cc2C(c2ccccc2)=NN1c1ccccc1. The zero-order valence-electron chi connectivity index (χ0n) is 13.2. The van der Waals surface area contributed by atoms with E-state index in [1.807, 2.05) is 66.7 Å². The molecule has 0 aromatic heterocycles. The van der Waals surface area contributed by atoms with Gasteiger partial charge in [-0.2, -0.15) is 10.1 Å². The first kappa shape index (κ1) is 15.4. The molecule has 1 heterocycles. The minimum Gasteiger partial charge on any atom is -0.305 e. The number of fused-ring (bicyclic) bond motifs is 1. The van der Waals surface area contributed by atoms with Crippen molar-refractivity contribution in [2.75, 3.05) is 10.3 Å². The summed E-state index contributed by atoms with van der Waals surface area (Å²) in [4.78, 5) is 12.7. The van der Waals surface area contributed by atoms with E-state index in [0.29, 0.717) is 22.1 Å². The van der Waals surface area contributed by atoms with Gasteiger partial charge in [-0.05, 0) is 30.3 Å². The molecule has 4 nitrogen and oxygen atoms in total. The Morgan fingerprint density at radius 3 is 2.28 bits per heavy atom. The predicted octanol–water partition coefficient (Wildman–Crippen LogP) is 5.14. The van der Waals surface area contributed by atoms with E-state index < -0.39 is 0 Å². The van der Waals surface area contributed by atoms with Crippen LogP contribution in [0.4, 0.5) is 16.2 Å². The van der Waals surface area contributed by atoms with Crippen LogP contribution in [0.5, 0.6) is 0 Å². The average Bonchev–Trinajstić information content (AvgIpc) is 2.79. The van der Waals surface area contributed by atoms with Crippen LogP contribution in [0, 0.1) is 0 Å². The Kier molecular flexibility index (Phi) is 3.96. The van der Waals surface area contributed by atoms with Crippen LogP contribution < -0.4 is 10.3 Å². The Morgan fingerprint density at radius 1 is 0.880 bits per heavy atom. The molecule has 1 aliphatic rings. The number of nitrogens with zero attached hydrogens (tertiary/aromatic N) is 2. The number of nitrogens with one attached hydrogen (secondary N) is 1. The molecule has 2 amide bonds. The quantitative estimate of drug-likeness (QED) is 0.685. The number of para-hydroxylation sites is 1. The van der Waals surface area contributed by atoms with Gasteiger partial charge >= 0.3 is 6.03 Å². The first-order valence-corrected chi connectivity index (χ1v) is 8.20. The average molecular weight is 348 g/mol. The minimum absolute atomic E-state index is 0.319. The maximum atomic E-state index is 12.7. The number of urea groups is 1. The van der Waals surface area contributed by atoms with Gasteiger partial charge in [0.2, 0.25) is 0 Å². The molecule has 0 saturated heterocycles. The minimum atomic E-state index is -0.319. The molecule has 0 saturated carbocycles. The highest BCUT2D eigenvalue weighted by molar-refractivity contribution is 6.32. The largest absolute Gasteiger partial charge is 0.347 e. The van der Waals surface area contributed by atoms with Gasteiger partial charge < -0.3 is 5.32 Å². The van der Waals surface area contributed by atoms with Crippen LogP contribution in [0.25, 0.3) is 0 Å². The number of amides is 2. The molecule has 0 radical (unpaired) electrons.